The fraction of sp³-hybridized carbons (Fsp3) is 0. The van der Waals surface area contributed by atoms with E-state index >= 15 is 0 Å². The molecule has 350 valence electrons. The Morgan fingerprint density at radius 3 is 1.31 bits per heavy atom. The van der Waals surface area contributed by atoms with Crippen molar-refractivity contribution in [3.63, 3.8) is 0 Å². The molecule has 5 nitrogen and oxygen atoms in total. The Bertz CT molecular complexity index is 4610. The number of fused-ring (bicyclic) bond motifs is 17. The summed E-state index contributed by atoms with van der Waals surface area (Å²) in [6, 6.07) is 99.5. The van der Waals surface area contributed by atoms with Crippen molar-refractivity contribution in [3.05, 3.63) is 273 Å². The summed E-state index contributed by atoms with van der Waals surface area (Å²) < 4.78 is 4.87. The lowest BCUT2D eigenvalue weighted by Gasteiger charge is -2.34. The molecule has 0 saturated heterocycles. The lowest BCUT2D eigenvalue weighted by molar-refractivity contribution is 1.17. The van der Waals surface area contributed by atoms with Gasteiger partial charge >= 0.3 is 0 Å². The number of rotatable bonds is 7. The minimum atomic E-state index is -2.86. The van der Waals surface area contributed by atoms with E-state index in [-0.39, 0.29) is 0 Å². The van der Waals surface area contributed by atoms with Crippen LogP contribution in [-0.2, 0) is 0 Å². The van der Waals surface area contributed by atoms with Crippen LogP contribution in [-0.4, -0.2) is 32.2 Å². The topological polar surface area (TPSA) is 48.5 Å². The standard InChI is InChI=1S/C69H45N5Si/c1-5-23-48(24-6-1)74-65-41-40-49(73-63-38-19-17-34-56(63)57-35-18-20-39-64(57)73)45-60(65)62-44-47-43-61(66(62)74)55-33-14-16-37-59(55)69-71-67(70-68(72-69)58-36-15-13-32-54(47)58)46-22-21-31-53(42-46)75(50-25-7-2-8-26-50,51-27-9-3-10-28-51)52-29-11-4-12-30-52/h1-45H. The second kappa shape index (κ2) is 17.2. The van der Waals surface area contributed by atoms with Crippen LogP contribution in [0.5, 0.6) is 0 Å². The van der Waals surface area contributed by atoms with Crippen molar-refractivity contribution in [2.75, 3.05) is 0 Å². The first-order valence-electron chi connectivity index (χ1n) is 25.6. The molecular weight excluding hydrogens is 927 g/mol. The number of para-hydroxylation sites is 3. The van der Waals surface area contributed by atoms with E-state index in [1.165, 1.54) is 47.9 Å². The summed E-state index contributed by atoms with van der Waals surface area (Å²) in [5.41, 5.74) is 9.01. The zero-order valence-electron chi connectivity index (χ0n) is 40.7. The predicted octanol–water partition coefficient (Wildman–Crippen LogP) is 14.3. The van der Waals surface area contributed by atoms with Gasteiger partial charge in [0.15, 0.2) is 25.2 Å². The smallest absolute Gasteiger partial charge is 0.179 e. The van der Waals surface area contributed by atoms with Gasteiger partial charge in [0.05, 0.1) is 22.1 Å². The second-order valence-corrected chi connectivity index (χ2v) is 23.3. The van der Waals surface area contributed by atoms with Gasteiger partial charge in [0, 0.05) is 54.6 Å². The molecule has 0 spiro atoms. The third-order valence-electron chi connectivity index (χ3n) is 15.4. The number of aromatic nitrogens is 5. The lowest BCUT2D eigenvalue weighted by Crippen LogP contribution is -2.74. The van der Waals surface area contributed by atoms with Crippen molar-refractivity contribution in [3.8, 4) is 22.8 Å². The number of benzene rings is 11. The monoisotopic (exact) mass is 971 g/mol. The third kappa shape index (κ3) is 6.67. The van der Waals surface area contributed by atoms with E-state index in [4.69, 9.17) is 15.0 Å². The lowest BCUT2D eigenvalue weighted by atomic mass is 10.00. The van der Waals surface area contributed by atoms with Crippen LogP contribution in [0.25, 0.3) is 110 Å². The van der Waals surface area contributed by atoms with Crippen molar-refractivity contribution >= 4 is 116 Å². The molecule has 4 heterocycles. The molecule has 0 unspecified atom stereocenters. The highest BCUT2D eigenvalue weighted by molar-refractivity contribution is 7.19. The van der Waals surface area contributed by atoms with Crippen molar-refractivity contribution < 1.29 is 0 Å². The molecule has 15 rings (SSSR count). The number of hydrogen-bond donors (Lipinski definition) is 0. The van der Waals surface area contributed by atoms with Crippen LogP contribution < -0.4 is 20.7 Å². The molecule has 0 aliphatic rings. The molecule has 75 heavy (non-hydrogen) atoms. The van der Waals surface area contributed by atoms with Gasteiger partial charge in [0.25, 0.3) is 0 Å². The molecule has 4 aromatic heterocycles. The van der Waals surface area contributed by atoms with Crippen LogP contribution in [0.15, 0.2) is 273 Å². The highest BCUT2D eigenvalue weighted by Crippen LogP contribution is 2.42. The van der Waals surface area contributed by atoms with Crippen LogP contribution in [0.3, 0.4) is 0 Å². The molecule has 0 fully saturated rings. The summed E-state index contributed by atoms with van der Waals surface area (Å²) in [7, 11) is -2.86. The molecule has 0 amide bonds. The van der Waals surface area contributed by atoms with Gasteiger partial charge in [-0.2, -0.15) is 0 Å². The quantitative estimate of drug-likeness (QED) is 0.118. The van der Waals surface area contributed by atoms with Crippen molar-refractivity contribution in [1.29, 1.82) is 0 Å². The summed E-state index contributed by atoms with van der Waals surface area (Å²) in [5.74, 6) is 0.629. The van der Waals surface area contributed by atoms with Gasteiger partial charge in [-0.15, -0.1) is 0 Å². The van der Waals surface area contributed by atoms with Gasteiger partial charge in [0.2, 0.25) is 0 Å². The molecule has 6 heteroatoms. The largest absolute Gasteiger partial charge is 0.309 e. The average molecular weight is 972 g/mol. The van der Waals surface area contributed by atoms with Crippen molar-refractivity contribution in [2.45, 2.75) is 0 Å². The van der Waals surface area contributed by atoms with E-state index in [1.54, 1.807) is 0 Å². The Morgan fingerprint density at radius 2 is 0.720 bits per heavy atom. The van der Waals surface area contributed by atoms with E-state index in [0.29, 0.717) is 17.1 Å². The molecule has 11 aromatic carbocycles. The second-order valence-electron chi connectivity index (χ2n) is 19.5. The zero-order chi connectivity index (χ0) is 49.5. The highest BCUT2D eigenvalue weighted by atomic mass is 28.3. The Morgan fingerprint density at radius 1 is 0.267 bits per heavy atom. The summed E-state index contributed by atoms with van der Waals surface area (Å²) in [6.07, 6.45) is 0. The average Bonchev–Trinajstić information content (AvgIpc) is 4.01. The number of nitrogens with zero attached hydrogens (tertiary/aromatic N) is 5. The van der Waals surface area contributed by atoms with Crippen LogP contribution in [0, 0.1) is 0 Å². The van der Waals surface area contributed by atoms with Crippen molar-refractivity contribution in [2.24, 2.45) is 0 Å². The van der Waals surface area contributed by atoms with Gasteiger partial charge in [-0.05, 0) is 91.5 Å². The first-order chi connectivity index (χ1) is 37.2. The van der Waals surface area contributed by atoms with Gasteiger partial charge < -0.3 is 9.13 Å². The molecule has 0 saturated carbocycles. The zero-order valence-corrected chi connectivity index (χ0v) is 41.7. The first-order valence-corrected chi connectivity index (χ1v) is 27.6. The summed E-state index contributed by atoms with van der Waals surface area (Å²) in [5, 5.41) is 16.2. The third-order valence-corrected chi connectivity index (χ3v) is 20.2. The van der Waals surface area contributed by atoms with E-state index in [2.05, 4.69) is 282 Å². The minimum Gasteiger partial charge on any atom is -0.309 e. The Hall–Kier alpha value is -9.75. The van der Waals surface area contributed by atoms with Crippen LogP contribution in [0.2, 0.25) is 0 Å². The Labute approximate surface area is 433 Å². The van der Waals surface area contributed by atoms with Gasteiger partial charge in [0.1, 0.15) is 0 Å². The van der Waals surface area contributed by atoms with E-state index < -0.39 is 8.07 Å². The van der Waals surface area contributed by atoms with E-state index in [9.17, 15) is 0 Å². The van der Waals surface area contributed by atoms with Gasteiger partial charge in [-0.3, -0.25) is 0 Å². The fourth-order valence-electron chi connectivity index (χ4n) is 12.2. The Kier molecular flexibility index (Phi) is 9.83. The molecule has 0 radical (unpaired) electrons. The summed E-state index contributed by atoms with van der Waals surface area (Å²) in [4.78, 5) is 16.4. The maximum absolute atomic E-state index is 5.52. The summed E-state index contributed by atoms with van der Waals surface area (Å²) in [6.45, 7) is 0. The maximum Gasteiger partial charge on any atom is 0.179 e. The molecule has 0 atom stereocenters. The van der Waals surface area contributed by atoms with Gasteiger partial charge in [-0.25, -0.2) is 15.0 Å². The van der Waals surface area contributed by atoms with Crippen LogP contribution in [0.1, 0.15) is 0 Å². The molecule has 4 bridgehead atoms. The summed E-state index contributed by atoms with van der Waals surface area (Å²) >= 11 is 0. The molecule has 15 aromatic rings. The maximum atomic E-state index is 5.52. The Balaban J connectivity index is 1.04. The van der Waals surface area contributed by atoms with Crippen LogP contribution >= 0.6 is 0 Å². The predicted molar refractivity (Wildman–Crippen MR) is 316 cm³/mol. The number of hydrogen-bond acceptors (Lipinski definition) is 3. The first kappa shape index (κ1) is 42.9. The van der Waals surface area contributed by atoms with Crippen molar-refractivity contribution in [1.82, 2.24) is 24.1 Å². The normalized spacial score (nSPS) is 12.0. The molecule has 0 aliphatic heterocycles. The molecular formula is C69H45N5Si. The molecule has 0 N–H and O–H groups in total. The highest BCUT2D eigenvalue weighted by Gasteiger charge is 2.41. The van der Waals surface area contributed by atoms with Gasteiger partial charge in [-0.1, -0.05) is 218 Å². The van der Waals surface area contributed by atoms with E-state index in [1.807, 2.05) is 0 Å². The fourth-order valence-corrected chi connectivity index (χ4v) is 17.0. The molecule has 0 aliphatic carbocycles. The van der Waals surface area contributed by atoms with E-state index in [0.717, 1.165) is 65.7 Å². The SMILES string of the molecule is c1ccc(-n2c3ccc(-n4c5ccccc5c5ccccc54)cc3c3cc4cc(c5ccccc5c5nc(-c6cccc([Si](c7ccccc7)(c7ccccc7)c7ccccc7)c6)nc(n5)c5ccccc45)c32)cc1. The van der Waals surface area contributed by atoms with Crippen LogP contribution in [0.4, 0.5) is 0 Å². The minimum absolute atomic E-state index is 0.625.